The van der Waals surface area contributed by atoms with Crippen molar-refractivity contribution < 1.29 is 0 Å². The van der Waals surface area contributed by atoms with Gasteiger partial charge in [0.05, 0.1) is 5.52 Å². The number of nitrogens with two attached hydrogens (primary N) is 1. The van der Waals surface area contributed by atoms with Gasteiger partial charge in [0.1, 0.15) is 5.82 Å². The Hall–Kier alpha value is -3.46. The number of hydrogen-bond acceptors (Lipinski definition) is 3. The zero-order chi connectivity index (χ0) is 21.2. The fourth-order valence-corrected chi connectivity index (χ4v) is 4.82. The van der Waals surface area contributed by atoms with E-state index in [0.717, 1.165) is 17.3 Å². The highest BCUT2D eigenvalue weighted by atomic mass is 14.8. The largest absolute Gasteiger partial charge is 0.384 e. The van der Waals surface area contributed by atoms with Crippen molar-refractivity contribution >= 4 is 33.1 Å². The summed E-state index contributed by atoms with van der Waals surface area (Å²) in [6.07, 6.45) is 14.2. The molecule has 0 spiro atoms. The van der Waals surface area contributed by atoms with Gasteiger partial charge in [0, 0.05) is 17.8 Å². The van der Waals surface area contributed by atoms with E-state index in [2.05, 4.69) is 59.4 Å². The highest BCUT2D eigenvalue weighted by molar-refractivity contribution is 5.95. The summed E-state index contributed by atoms with van der Waals surface area (Å²) in [4.78, 5) is 8.08. The highest BCUT2D eigenvalue weighted by Crippen LogP contribution is 2.40. The topological polar surface area (TPSA) is 51.8 Å². The lowest BCUT2D eigenvalue weighted by molar-refractivity contribution is 0.831. The maximum atomic E-state index is 5.49. The number of allylic oxidation sites excluding steroid dienone is 4. The molecule has 0 fully saturated rings. The molecule has 31 heavy (non-hydrogen) atoms. The van der Waals surface area contributed by atoms with Crippen LogP contribution in [0.25, 0.3) is 27.2 Å². The molecule has 0 aliphatic heterocycles. The number of nitrogen functional groups attached to an aromatic ring is 1. The molecule has 2 N–H and O–H groups in total. The first-order chi connectivity index (χ1) is 15.2. The molecule has 3 nitrogen and oxygen atoms in total. The third-order valence-electron chi connectivity index (χ3n) is 6.40. The summed E-state index contributed by atoms with van der Waals surface area (Å²) >= 11 is 0. The van der Waals surface area contributed by atoms with Crippen molar-refractivity contribution in [2.75, 3.05) is 5.73 Å². The monoisotopic (exact) mass is 405 g/mol. The quantitative estimate of drug-likeness (QED) is 0.385. The van der Waals surface area contributed by atoms with Gasteiger partial charge in [0.25, 0.3) is 0 Å². The van der Waals surface area contributed by atoms with Crippen LogP contribution in [0, 0.1) is 0 Å². The molecule has 0 saturated heterocycles. The van der Waals surface area contributed by atoms with Crippen LogP contribution in [0.15, 0.2) is 78.6 Å². The smallest absolute Gasteiger partial charge is 0.124 e. The molecule has 4 aromatic rings. The molecule has 2 aromatic carbocycles. The van der Waals surface area contributed by atoms with Gasteiger partial charge in [0.2, 0.25) is 0 Å². The van der Waals surface area contributed by atoms with Gasteiger partial charge in [0.15, 0.2) is 0 Å². The van der Waals surface area contributed by atoms with Crippen LogP contribution in [0.5, 0.6) is 0 Å². The first-order valence-electron chi connectivity index (χ1n) is 11.1. The highest BCUT2D eigenvalue weighted by Gasteiger charge is 2.20. The van der Waals surface area contributed by atoms with Crippen LogP contribution in [0.2, 0.25) is 0 Å². The summed E-state index contributed by atoms with van der Waals surface area (Å²) < 4.78 is 0. The summed E-state index contributed by atoms with van der Waals surface area (Å²) in [5.41, 5.74) is 14.1. The van der Waals surface area contributed by atoms with Crippen molar-refractivity contribution in [1.82, 2.24) is 9.97 Å². The normalized spacial score (nSPS) is 14.7. The number of aromatic nitrogens is 2. The zero-order valence-electron chi connectivity index (χ0n) is 17.9. The second-order valence-corrected chi connectivity index (χ2v) is 8.22. The average Bonchev–Trinajstić information content (AvgIpc) is 2.83. The number of benzene rings is 2. The van der Waals surface area contributed by atoms with E-state index in [1.54, 1.807) is 29.6 Å². The average molecular weight is 406 g/mol. The van der Waals surface area contributed by atoms with Crippen molar-refractivity contribution in [3.05, 3.63) is 95.3 Å². The first-order valence-corrected chi connectivity index (χ1v) is 11.1. The van der Waals surface area contributed by atoms with Crippen LogP contribution >= 0.6 is 0 Å². The van der Waals surface area contributed by atoms with Crippen LogP contribution in [0.1, 0.15) is 42.9 Å². The Bertz CT molecular complexity index is 1330. The number of fused-ring (bicyclic) bond motifs is 5. The van der Waals surface area contributed by atoms with E-state index >= 15 is 0 Å². The van der Waals surface area contributed by atoms with E-state index in [9.17, 15) is 0 Å². The van der Waals surface area contributed by atoms with E-state index in [1.807, 2.05) is 12.1 Å². The molecule has 3 heteroatoms. The van der Waals surface area contributed by atoms with Gasteiger partial charge in [-0.05, 0) is 83.3 Å². The standard InChI is InChI=1S/C20H20.C8H7N3/c1-2-14-7-5-9-18-17(14)12-13-19-16-8-4-3-6-15(16)10-11-20(18)19;9-8-2-1-6-5-10-4-3-7(6)11-8/h4-5,7-9,12-13H,2-3,6,10-11H2,1H3;1-5H,(H2,9,11). The van der Waals surface area contributed by atoms with Crippen molar-refractivity contribution in [3.63, 3.8) is 0 Å². The number of aryl methyl sites for hydroxylation is 2. The third-order valence-corrected chi connectivity index (χ3v) is 6.40. The van der Waals surface area contributed by atoms with Crippen LogP contribution in [0.4, 0.5) is 5.82 Å². The Morgan fingerprint density at radius 1 is 0.935 bits per heavy atom. The van der Waals surface area contributed by atoms with Crippen molar-refractivity contribution in [1.29, 1.82) is 0 Å². The molecular formula is C28H27N3. The molecule has 2 aliphatic rings. The molecule has 0 unspecified atom stereocenters. The maximum Gasteiger partial charge on any atom is 0.124 e. The van der Waals surface area contributed by atoms with Gasteiger partial charge in [-0.1, -0.05) is 55.0 Å². The predicted molar refractivity (Wildman–Crippen MR) is 131 cm³/mol. The van der Waals surface area contributed by atoms with E-state index in [0.29, 0.717) is 5.82 Å². The predicted octanol–water partition coefficient (Wildman–Crippen LogP) is 6.66. The molecule has 2 heterocycles. The van der Waals surface area contributed by atoms with E-state index in [-0.39, 0.29) is 0 Å². The van der Waals surface area contributed by atoms with E-state index in [1.165, 1.54) is 53.2 Å². The lowest BCUT2D eigenvalue weighted by Gasteiger charge is -2.25. The van der Waals surface area contributed by atoms with Gasteiger partial charge in [-0.15, -0.1) is 0 Å². The summed E-state index contributed by atoms with van der Waals surface area (Å²) in [5.74, 6) is 0.545. The number of rotatable bonds is 1. The van der Waals surface area contributed by atoms with Gasteiger partial charge in [-0.2, -0.15) is 0 Å². The fraction of sp³-hybridized carbons (Fsp3) is 0.214. The molecular weight excluding hydrogens is 378 g/mol. The molecule has 154 valence electrons. The van der Waals surface area contributed by atoms with Gasteiger partial charge < -0.3 is 5.73 Å². The summed E-state index contributed by atoms with van der Waals surface area (Å²) in [6.45, 7) is 2.25. The first kappa shape index (κ1) is 19.5. The van der Waals surface area contributed by atoms with Crippen LogP contribution < -0.4 is 5.73 Å². The van der Waals surface area contributed by atoms with E-state index < -0.39 is 0 Å². The Balaban J connectivity index is 0.000000157. The maximum absolute atomic E-state index is 5.49. The van der Waals surface area contributed by atoms with Gasteiger partial charge >= 0.3 is 0 Å². The Labute approximate surface area is 183 Å². The molecule has 2 aromatic heterocycles. The minimum absolute atomic E-state index is 0.545. The molecule has 0 radical (unpaired) electrons. The number of nitrogens with zero attached hydrogens (tertiary/aromatic N) is 2. The van der Waals surface area contributed by atoms with Gasteiger partial charge in [-0.25, -0.2) is 4.98 Å². The fourth-order valence-electron chi connectivity index (χ4n) is 4.82. The third kappa shape index (κ3) is 3.72. The Kier molecular flexibility index (Phi) is 5.25. The van der Waals surface area contributed by atoms with Crippen LogP contribution in [0.3, 0.4) is 0 Å². The summed E-state index contributed by atoms with van der Waals surface area (Å²) in [7, 11) is 0. The van der Waals surface area contributed by atoms with Crippen LogP contribution in [-0.2, 0) is 12.8 Å². The molecule has 0 bridgehead atoms. The van der Waals surface area contributed by atoms with E-state index in [4.69, 9.17) is 5.73 Å². The SMILES string of the molecule is CCc1cccc2c3c(ccc12)C1=C(CCC=C1)CC3.Nc1ccc2cnccc2n1. The minimum atomic E-state index is 0.545. The zero-order valence-corrected chi connectivity index (χ0v) is 17.9. The van der Waals surface area contributed by atoms with Crippen molar-refractivity contribution in [3.8, 4) is 0 Å². The number of anilines is 1. The van der Waals surface area contributed by atoms with Crippen LogP contribution in [-0.4, -0.2) is 9.97 Å². The summed E-state index contributed by atoms with van der Waals surface area (Å²) in [6, 6.07) is 17.0. The van der Waals surface area contributed by atoms with Crippen molar-refractivity contribution in [2.24, 2.45) is 0 Å². The lowest BCUT2D eigenvalue weighted by Crippen LogP contribution is -2.07. The van der Waals surface area contributed by atoms with Gasteiger partial charge in [-0.3, -0.25) is 4.98 Å². The summed E-state index contributed by atoms with van der Waals surface area (Å²) in [5, 5.41) is 3.95. The molecule has 6 rings (SSSR count). The Morgan fingerprint density at radius 2 is 1.87 bits per heavy atom. The second kappa shape index (κ2) is 8.35. The molecule has 0 amide bonds. The van der Waals surface area contributed by atoms with Crippen molar-refractivity contribution in [2.45, 2.75) is 39.0 Å². The molecule has 2 aliphatic carbocycles. The minimum Gasteiger partial charge on any atom is -0.384 e. The second-order valence-electron chi connectivity index (χ2n) is 8.22. The molecule has 0 saturated carbocycles. The Morgan fingerprint density at radius 3 is 2.77 bits per heavy atom. The molecule has 0 atom stereocenters. The number of hydrogen-bond donors (Lipinski definition) is 1. The lowest BCUT2D eigenvalue weighted by atomic mass is 9.79. The number of pyridine rings is 2.